The number of rotatable bonds is 4. The molecule has 1 N–H and O–H groups in total. The highest BCUT2D eigenvalue weighted by Crippen LogP contribution is 2.20. The lowest BCUT2D eigenvalue weighted by Crippen LogP contribution is -2.46. The lowest BCUT2D eigenvalue weighted by molar-refractivity contribution is 0.102. The molecule has 28 heavy (non-hydrogen) atoms. The van der Waals surface area contributed by atoms with E-state index in [2.05, 4.69) is 49.4 Å². The first kappa shape index (κ1) is 18.0. The molecule has 0 unspecified atom stereocenters. The number of anilines is 3. The Balaban J connectivity index is 1.42. The first-order valence-electron chi connectivity index (χ1n) is 9.45. The van der Waals surface area contributed by atoms with Crippen LogP contribution in [0.1, 0.15) is 15.9 Å². The van der Waals surface area contributed by atoms with E-state index < -0.39 is 0 Å². The number of hydrogen-bond acceptors (Lipinski definition) is 5. The molecule has 0 atom stereocenters. The molecule has 1 aromatic heterocycles. The van der Waals surface area contributed by atoms with E-state index in [0.29, 0.717) is 11.4 Å². The predicted octanol–water partition coefficient (Wildman–Crippen LogP) is 3.36. The molecular weight excluding hydrogens is 350 g/mol. The smallest absolute Gasteiger partial charge is 0.257 e. The fourth-order valence-corrected chi connectivity index (χ4v) is 3.43. The molecule has 6 heteroatoms. The van der Waals surface area contributed by atoms with Gasteiger partial charge in [0, 0.05) is 43.5 Å². The second-order valence-electron chi connectivity index (χ2n) is 6.84. The Kier molecular flexibility index (Phi) is 5.19. The van der Waals surface area contributed by atoms with Gasteiger partial charge in [-0.2, -0.15) is 0 Å². The molecule has 1 saturated heterocycles. The Bertz CT molecular complexity index is 952. The predicted molar refractivity (Wildman–Crippen MR) is 112 cm³/mol. The van der Waals surface area contributed by atoms with Crippen molar-refractivity contribution < 1.29 is 4.79 Å². The molecule has 0 bridgehead atoms. The van der Waals surface area contributed by atoms with Crippen LogP contribution in [0.4, 0.5) is 17.3 Å². The van der Waals surface area contributed by atoms with Gasteiger partial charge in [-0.1, -0.05) is 36.4 Å². The van der Waals surface area contributed by atoms with Gasteiger partial charge in [-0.3, -0.25) is 4.79 Å². The third-order valence-electron chi connectivity index (χ3n) is 5.01. The standard InChI is InChI=1S/C22H23N5O/c1-17-7-5-6-10-19(17)22(28)25-20-15-21(24-16-23-20)27-13-11-26(12-14-27)18-8-3-2-4-9-18/h2-10,15-16H,11-14H2,1H3,(H,23,24,25,28). The normalized spacial score (nSPS) is 14.0. The number of carbonyl (C=O) groups is 1. The Labute approximate surface area is 164 Å². The molecule has 4 rings (SSSR count). The van der Waals surface area contributed by atoms with Crippen molar-refractivity contribution in [3.05, 3.63) is 78.1 Å². The van der Waals surface area contributed by atoms with Crippen molar-refractivity contribution in [2.75, 3.05) is 41.3 Å². The maximum absolute atomic E-state index is 12.5. The molecular formula is C22H23N5O. The average Bonchev–Trinajstić information content (AvgIpc) is 2.75. The topological polar surface area (TPSA) is 61.4 Å². The number of piperazine rings is 1. The van der Waals surface area contributed by atoms with Crippen LogP contribution >= 0.6 is 0 Å². The minimum Gasteiger partial charge on any atom is -0.368 e. The molecule has 1 fully saturated rings. The molecule has 2 aromatic carbocycles. The molecule has 0 radical (unpaired) electrons. The van der Waals surface area contributed by atoms with Gasteiger partial charge in [0.1, 0.15) is 18.0 Å². The average molecular weight is 373 g/mol. The first-order valence-corrected chi connectivity index (χ1v) is 9.45. The van der Waals surface area contributed by atoms with Gasteiger partial charge in [0.2, 0.25) is 0 Å². The maximum Gasteiger partial charge on any atom is 0.257 e. The molecule has 142 valence electrons. The van der Waals surface area contributed by atoms with Gasteiger partial charge < -0.3 is 15.1 Å². The first-order chi connectivity index (χ1) is 13.7. The molecule has 2 heterocycles. The Morgan fingerprint density at radius 2 is 1.57 bits per heavy atom. The van der Waals surface area contributed by atoms with E-state index in [1.807, 2.05) is 43.3 Å². The molecule has 0 saturated carbocycles. The van der Waals surface area contributed by atoms with E-state index in [0.717, 1.165) is 37.6 Å². The van der Waals surface area contributed by atoms with Gasteiger partial charge in [-0.05, 0) is 30.7 Å². The van der Waals surface area contributed by atoms with Crippen molar-refractivity contribution in [3.63, 3.8) is 0 Å². The van der Waals surface area contributed by atoms with Crippen LogP contribution in [-0.4, -0.2) is 42.1 Å². The van der Waals surface area contributed by atoms with Gasteiger partial charge in [-0.15, -0.1) is 0 Å². The highest BCUT2D eigenvalue weighted by Gasteiger charge is 2.19. The van der Waals surface area contributed by atoms with Crippen LogP contribution in [0.5, 0.6) is 0 Å². The van der Waals surface area contributed by atoms with Crippen molar-refractivity contribution in [2.24, 2.45) is 0 Å². The Morgan fingerprint density at radius 1 is 0.893 bits per heavy atom. The summed E-state index contributed by atoms with van der Waals surface area (Å²) >= 11 is 0. The molecule has 6 nitrogen and oxygen atoms in total. The molecule has 0 spiro atoms. The monoisotopic (exact) mass is 373 g/mol. The van der Waals surface area contributed by atoms with E-state index in [4.69, 9.17) is 0 Å². The lowest BCUT2D eigenvalue weighted by Gasteiger charge is -2.36. The van der Waals surface area contributed by atoms with E-state index in [-0.39, 0.29) is 5.91 Å². The quantitative estimate of drug-likeness (QED) is 0.760. The molecule has 1 amide bonds. The summed E-state index contributed by atoms with van der Waals surface area (Å²) in [5.74, 6) is 1.20. The zero-order chi connectivity index (χ0) is 19.3. The number of nitrogens with one attached hydrogen (secondary N) is 1. The summed E-state index contributed by atoms with van der Waals surface area (Å²) in [6, 6.07) is 19.8. The van der Waals surface area contributed by atoms with Crippen molar-refractivity contribution in [2.45, 2.75) is 6.92 Å². The lowest BCUT2D eigenvalue weighted by atomic mass is 10.1. The number of nitrogens with zero attached hydrogens (tertiary/aromatic N) is 4. The van der Waals surface area contributed by atoms with Gasteiger partial charge in [-0.25, -0.2) is 9.97 Å². The summed E-state index contributed by atoms with van der Waals surface area (Å²) in [6.07, 6.45) is 1.51. The zero-order valence-electron chi connectivity index (χ0n) is 15.9. The van der Waals surface area contributed by atoms with Crippen LogP contribution in [0.25, 0.3) is 0 Å². The van der Waals surface area contributed by atoms with E-state index >= 15 is 0 Å². The number of benzene rings is 2. The van der Waals surface area contributed by atoms with Gasteiger partial charge in [0.05, 0.1) is 0 Å². The number of amides is 1. The third-order valence-corrected chi connectivity index (χ3v) is 5.01. The minimum absolute atomic E-state index is 0.156. The Morgan fingerprint density at radius 3 is 2.32 bits per heavy atom. The summed E-state index contributed by atoms with van der Waals surface area (Å²) in [7, 11) is 0. The minimum atomic E-state index is -0.156. The molecule has 1 aliphatic rings. The number of aryl methyl sites for hydroxylation is 1. The second-order valence-corrected chi connectivity index (χ2v) is 6.84. The Hall–Kier alpha value is -3.41. The summed E-state index contributed by atoms with van der Waals surface area (Å²) < 4.78 is 0. The summed E-state index contributed by atoms with van der Waals surface area (Å²) in [4.78, 5) is 25.7. The van der Waals surface area contributed by atoms with Gasteiger partial charge >= 0.3 is 0 Å². The fourth-order valence-electron chi connectivity index (χ4n) is 3.43. The van der Waals surface area contributed by atoms with Crippen LogP contribution in [0, 0.1) is 6.92 Å². The maximum atomic E-state index is 12.5. The highest BCUT2D eigenvalue weighted by atomic mass is 16.1. The zero-order valence-corrected chi connectivity index (χ0v) is 15.9. The van der Waals surface area contributed by atoms with Crippen molar-refractivity contribution in [3.8, 4) is 0 Å². The summed E-state index contributed by atoms with van der Waals surface area (Å²) in [6.45, 7) is 5.53. The van der Waals surface area contributed by atoms with Gasteiger partial charge in [0.15, 0.2) is 0 Å². The highest BCUT2D eigenvalue weighted by molar-refractivity contribution is 6.04. The van der Waals surface area contributed by atoms with Crippen molar-refractivity contribution in [1.82, 2.24) is 9.97 Å². The van der Waals surface area contributed by atoms with Crippen LogP contribution < -0.4 is 15.1 Å². The van der Waals surface area contributed by atoms with Crippen molar-refractivity contribution in [1.29, 1.82) is 0 Å². The van der Waals surface area contributed by atoms with Gasteiger partial charge in [0.25, 0.3) is 5.91 Å². The molecule has 0 aliphatic carbocycles. The number of aromatic nitrogens is 2. The van der Waals surface area contributed by atoms with Crippen LogP contribution in [0.2, 0.25) is 0 Å². The van der Waals surface area contributed by atoms with E-state index in [9.17, 15) is 4.79 Å². The summed E-state index contributed by atoms with van der Waals surface area (Å²) in [5, 5.41) is 2.89. The van der Waals surface area contributed by atoms with Crippen molar-refractivity contribution >= 4 is 23.2 Å². The number of hydrogen-bond donors (Lipinski definition) is 1. The number of carbonyl (C=O) groups excluding carboxylic acids is 1. The summed E-state index contributed by atoms with van der Waals surface area (Å²) in [5.41, 5.74) is 2.83. The third kappa shape index (κ3) is 3.96. The van der Waals surface area contributed by atoms with Crippen LogP contribution in [-0.2, 0) is 0 Å². The largest absolute Gasteiger partial charge is 0.368 e. The fraction of sp³-hybridized carbons (Fsp3) is 0.227. The molecule has 3 aromatic rings. The molecule has 1 aliphatic heterocycles. The number of para-hydroxylation sites is 1. The van der Waals surface area contributed by atoms with Crippen LogP contribution in [0.15, 0.2) is 67.0 Å². The van der Waals surface area contributed by atoms with Crippen LogP contribution in [0.3, 0.4) is 0 Å². The SMILES string of the molecule is Cc1ccccc1C(=O)Nc1cc(N2CCN(c3ccccc3)CC2)ncn1. The van der Waals surface area contributed by atoms with E-state index in [1.54, 1.807) is 0 Å². The van der Waals surface area contributed by atoms with E-state index in [1.165, 1.54) is 12.0 Å². The second kappa shape index (κ2) is 8.08.